The molecular weight excluding hydrogens is 466 g/mol. The SMILES string of the molecule is CC(C)Oc1ccc(C(O)=C2C(=O)C(=O)N(CCN3CCOCC3)[C@H]2c2ccc([N+](=O)[O-])cc2)cc1. The normalized spacial score (nSPS) is 20.2. The molecule has 0 aliphatic carbocycles. The van der Waals surface area contributed by atoms with Crippen LogP contribution in [0.25, 0.3) is 5.76 Å². The van der Waals surface area contributed by atoms with Gasteiger partial charge in [0.1, 0.15) is 11.5 Å². The molecule has 36 heavy (non-hydrogen) atoms. The van der Waals surface area contributed by atoms with Gasteiger partial charge in [-0.05, 0) is 55.8 Å². The van der Waals surface area contributed by atoms with Gasteiger partial charge in [-0.3, -0.25) is 24.6 Å². The maximum absolute atomic E-state index is 13.2. The highest BCUT2D eigenvalue weighted by Crippen LogP contribution is 2.40. The third-order valence-corrected chi connectivity index (χ3v) is 6.22. The van der Waals surface area contributed by atoms with Gasteiger partial charge < -0.3 is 19.5 Å². The number of amides is 1. The summed E-state index contributed by atoms with van der Waals surface area (Å²) in [6, 6.07) is 11.4. The molecule has 0 saturated carbocycles. The topological polar surface area (TPSA) is 122 Å². The zero-order chi connectivity index (χ0) is 25.8. The van der Waals surface area contributed by atoms with Gasteiger partial charge >= 0.3 is 0 Å². The molecule has 2 aromatic rings. The van der Waals surface area contributed by atoms with Crippen LogP contribution in [0.4, 0.5) is 5.69 Å². The molecule has 190 valence electrons. The summed E-state index contributed by atoms with van der Waals surface area (Å²) in [7, 11) is 0. The molecular formula is C26H29N3O7. The van der Waals surface area contributed by atoms with E-state index in [1.807, 2.05) is 13.8 Å². The van der Waals surface area contributed by atoms with Gasteiger partial charge in [0.2, 0.25) is 0 Å². The van der Waals surface area contributed by atoms with Crippen molar-refractivity contribution in [1.29, 1.82) is 0 Å². The maximum atomic E-state index is 13.2. The molecule has 0 bridgehead atoms. The Labute approximate surface area is 208 Å². The summed E-state index contributed by atoms with van der Waals surface area (Å²) in [4.78, 5) is 40.5. The summed E-state index contributed by atoms with van der Waals surface area (Å²) in [5.74, 6) is -1.20. The number of morpholine rings is 1. The molecule has 10 heteroatoms. The van der Waals surface area contributed by atoms with Crippen LogP contribution in [0.2, 0.25) is 0 Å². The smallest absolute Gasteiger partial charge is 0.295 e. The summed E-state index contributed by atoms with van der Waals surface area (Å²) in [5, 5.41) is 22.3. The van der Waals surface area contributed by atoms with Crippen LogP contribution in [-0.4, -0.2) is 77.0 Å². The fourth-order valence-electron chi connectivity index (χ4n) is 4.43. The molecule has 0 unspecified atom stereocenters. The van der Waals surface area contributed by atoms with Gasteiger partial charge in [-0.25, -0.2) is 0 Å². The Morgan fingerprint density at radius 3 is 2.31 bits per heavy atom. The molecule has 2 saturated heterocycles. The lowest BCUT2D eigenvalue weighted by Gasteiger charge is -2.31. The van der Waals surface area contributed by atoms with Crippen LogP contribution in [0, 0.1) is 10.1 Å². The van der Waals surface area contributed by atoms with E-state index < -0.39 is 22.7 Å². The van der Waals surface area contributed by atoms with Gasteiger partial charge in [0, 0.05) is 43.9 Å². The zero-order valence-corrected chi connectivity index (χ0v) is 20.3. The highest BCUT2D eigenvalue weighted by atomic mass is 16.6. The number of hydrogen-bond donors (Lipinski definition) is 1. The maximum Gasteiger partial charge on any atom is 0.295 e. The van der Waals surface area contributed by atoms with Crippen molar-refractivity contribution in [2.45, 2.75) is 26.0 Å². The summed E-state index contributed by atoms with van der Waals surface area (Å²) in [6.07, 6.45) is -0.0247. The molecule has 0 radical (unpaired) electrons. The van der Waals surface area contributed by atoms with Gasteiger partial charge in [-0.2, -0.15) is 0 Å². The Bertz CT molecular complexity index is 1150. The number of benzene rings is 2. The number of carbonyl (C=O) groups is 2. The lowest BCUT2D eigenvalue weighted by atomic mass is 9.95. The number of non-ortho nitro benzene ring substituents is 1. The first-order valence-electron chi connectivity index (χ1n) is 11.9. The largest absolute Gasteiger partial charge is 0.507 e. The van der Waals surface area contributed by atoms with Gasteiger partial charge in [0.05, 0.1) is 35.9 Å². The van der Waals surface area contributed by atoms with Crippen LogP contribution >= 0.6 is 0 Å². The lowest BCUT2D eigenvalue weighted by Crippen LogP contribution is -2.42. The van der Waals surface area contributed by atoms with Crippen molar-refractivity contribution in [3.63, 3.8) is 0 Å². The predicted octanol–water partition coefficient (Wildman–Crippen LogP) is 3.14. The van der Waals surface area contributed by atoms with E-state index in [2.05, 4.69) is 4.90 Å². The average Bonchev–Trinajstić information content (AvgIpc) is 3.12. The summed E-state index contributed by atoms with van der Waals surface area (Å²) < 4.78 is 11.0. The van der Waals surface area contributed by atoms with E-state index in [1.165, 1.54) is 29.2 Å². The molecule has 10 nitrogen and oxygen atoms in total. The molecule has 4 rings (SSSR count). The Morgan fingerprint density at radius 1 is 1.08 bits per heavy atom. The van der Waals surface area contributed by atoms with Crippen molar-refractivity contribution >= 4 is 23.1 Å². The van der Waals surface area contributed by atoms with E-state index in [1.54, 1.807) is 24.3 Å². The van der Waals surface area contributed by atoms with Crippen molar-refractivity contribution in [1.82, 2.24) is 9.80 Å². The quantitative estimate of drug-likeness (QED) is 0.195. The molecule has 2 aromatic carbocycles. The molecule has 0 spiro atoms. The molecule has 2 fully saturated rings. The summed E-state index contributed by atoms with van der Waals surface area (Å²) in [6.45, 7) is 7.22. The van der Waals surface area contributed by atoms with Gasteiger partial charge in [0.15, 0.2) is 0 Å². The minimum atomic E-state index is -0.876. The standard InChI is InChI=1S/C26H29N3O7/c1-17(2)36-21-9-5-19(6-10-21)24(30)22-23(18-3-7-20(8-4-18)29(33)34)28(26(32)25(22)31)12-11-27-13-15-35-16-14-27/h3-10,17,23,30H,11-16H2,1-2H3/t23-/m0/s1. The molecule has 2 aliphatic heterocycles. The molecule has 1 N–H and O–H groups in total. The number of hydrogen-bond acceptors (Lipinski definition) is 8. The number of nitrogens with zero attached hydrogens (tertiary/aromatic N) is 3. The van der Waals surface area contributed by atoms with Gasteiger partial charge in [-0.15, -0.1) is 0 Å². The van der Waals surface area contributed by atoms with Crippen molar-refractivity contribution in [3.8, 4) is 5.75 Å². The van der Waals surface area contributed by atoms with Gasteiger partial charge in [0.25, 0.3) is 17.4 Å². The number of Topliss-reactive ketones (excluding diaryl/α,β-unsaturated/α-hetero) is 1. The number of aliphatic hydroxyl groups is 1. The van der Waals surface area contributed by atoms with Crippen molar-refractivity contribution in [2.75, 3.05) is 39.4 Å². The number of aliphatic hydroxyl groups excluding tert-OH is 1. The summed E-state index contributed by atoms with van der Waals surface area (Å²) in [5.41, 5.74) is 0.713. The van der Waals surface area contributed by atoms with Crippen molar-refractivity contribution in [3.05, 3.63) is 75.3 Å². The Morgan fingerprint density at radius 2 is 1.72 bits per heavy atom. The number of carbonyl (C=O) groups excluding carboxylic acids is 2. The highest BCUT2D eigenvalue weighted by molar-refractivity contribution is 6.46. The van der Waals surface area contributed by atoms with E-state index in [4.69, 9.17) is 9.47 Å². The number of ether oxygens (including phenoxy) is 2. The fraction of sp³-hybridized carbons (Fsp3) is 0.385. The van der Waals surface area contributed by atoms with Crippen LogP contribution in [0.1, 0.15) is 31.0 Å². The zero-order valence-electron chi connectivity index (χ0n) is 20.3. The monoisotopic (exact) mass is 495 g/mol. The molecule has 2 heterocycles. The minimum Gasteiger partial charge on any atom is -0.507 e. The molecule has 0 aromatic heterocycles. The first kappa shape index (κ1) is 25.3. The third kappa shape index (κ3) is 5.39. The van der Waals surface area contributed by atoms with Crippen molar-refractivity contribution in [2.24, 2.45) is 0 Å². The van der Waals surface area contributed by atoms with Crippen molar-refractivity contribution < 1.29 is 29.1 Å². The number of nitro groups is 1. The number of ketones is 1. The van der Waals surface area contributed by atoms with E-state index in [0.29, 0.717) is 36.6 Å². The van der Waals surface area contributed by atoms with Crippen LogP contribution in [0.3, 0.4) is 0 Å². The fourth-order valence-corrected chi connectivity index (χ4v) is 4.43. The lowest BCUT2D eigenvalue weighted by molar-refractivity contribution is -0.384. The predicted molar refractivity (Wildman–Crippen MR) is 132 cm³/mol. The third-order valence-electron chi connectivity index (χ3n) is 6.22. The molecule has 1 atom stereocenters. The van der Waals surface area contributed by atoms with E-state index in [-0.39, 0.29) is 29.7 Å². The summed E-state index contributed by atoms with van der Waals surface area (Å²) >= 11 is 0. The van der Waals surface area contributed by atoms with Crippen LogP contribution in [-0.2, 0) is 14.3 Å². The number of rotatable bonds is 8. The minimum absolute atomic E-state index is 0.0247. The van der Waals surface area contributed by atoms with E-state index in [9.17, 15) is 24.8 Å². The Balaban J connectivity index is 1.71. The first-order chi connectivity index (χ1) is 17.3. The second-order valence-electron chi connectivity index (χ2n) is 8.99. The van der Waals surface area contributed by atoms with E-state index in [0.717, 1.165) is 13.1 Å². The first-order valence-corrected chi connectivity index (χ1v) is 11.9. The average molecular weight is 496 g/mol. The molecule has 2 aliphatic rings. The highest BCUT2D eigenvalue weighted by Gasteiger charge is 2.46. The van der Waals surface area contributed by atoms with Crippen LogP contribution < -0.4 is 4.74 Å². The second kappa shape index (κ2) is 10.9. The van der Waals surface area contributed by atoms with Gasteiger partial charge in [-0.1, -0.05) is 0 Å². The van der Waals surface area contributed by atoms with Crippen LogP contribution in [0.15, 0.2) is 54.1 Å². The van der Waals surface area contributed by atoms with Crippen LogP contribution in [0.5, 0.6) is 5.75 Å². The number of nitro benzene ring substituents is 1. The molecule has 1 amide bonds. The Kier molecular flexibility index (Phi) is 7.66. The second-order valence-corrected chi connectivity index (χ2v) is 8.99. The van der Waals surface area contributed by atoms with E-state index >= 15 is 0 Å². The number of likely N-dealkylation sites (tertiary alicyclic amines) is 1. The Hall–Kier alpha value is -3.76.